The van der Waals surface area contributed by atoms with Crippen LogP contribution >= 0.6 is 0 Å². The highest BCUT2D eigenvalue weighted by molar-refractivity contribution is 5.79. The van der Waals surface area contributed by atoms with Crippen LogP contribution in [-0.2, 0) is 11.2 Å². The van der Waals surface area contributed by atoms with Gasteiger partial charge in [-0.1, -0.05) is 0 Å². The smallest absolute Gasteiger partial charge is 0.193 e. The minimum absolute atomic E-state index is 0.570. The SMILES string of the molecule is CN=C(NCCc1c(OC)cc(OC)cc1OC)N(C)CC1CCOC1. The number of hydrogen-bond donors (Lipinski definition) is 1. The number of aliphatic imine (C=N–C) groups is 1. The summed E-state index contributed by atoms with van der Waals surface area (Å²) in [5.74, 6) is 3.68. The van der Waals surface area contributed by atoms with Gasteiger partial charge in [0.1, 0.15) is 17.2 Å². The van der Waals surface area contributed by atoms with Gasteiger partial charge in [-0.3, -0.25) is 4.99 Å². The van der Waals surface area contributed by atoms with Gasteiger partial charge in [-0.2, -0.15) is 0 Å². The second-order valence-electron chi connectivity index (χ2n) is 6.34. The van der Waals surface area contributed by atoms with Crippen molar-refractivity contribution in [3.8, 4) is 17.2 Å². The molecule has 0 radical (unpaired) electrons. The fourth-order valence-electron chi connectivity index (χ4n) is 3.21. The second kappa shape index (κ2) is 10.1. The first-order valence-electron chi connectivity index (χ1n) is 8.91. The highest BCUT2D eigenvalue weighted by Gasteiger charge is 2.19. The van der Waals surface area contributed by atoms with E-state index in [1.54, 1.807) is 28.4 Å². The number of guanidine groups is 1. The van der Waals surface area contributed by atoms with Crippen molar-refractivity contribution in [2.24, 2.45) is 10.9 Å². The van der Waals surface area contributed by atoms with Crippen LogP contribution < -0.4 is 19.5 Å². The highest BCUT2D eigenvalue weighted by atomic mass is 16.5. The van der Waals surface area contributed by atoms with E-state index in [9.17, 15) is 0 Å². The molecule has 1 saturated heterocycles. The molecule has 0 aromatic heterocycles. The lowest BCUT2D eigenvalue weighted by Gasteiger charge is -2.24. The largest absolute Gasteiger partial charge is 0.496 e. The molecule has 146 valence electrons. The fourth-order valence-corrected chi connectivity index (χ4v) is 3.21. The molecule has 7 nitrogen and oxygen atoms in total. The van der Waals surface area contributed by atoms with Gasteiger partial charge in [-0.15, -0.1) is 0 Å². The molecule has 0 spiro atoms. The Morgan fingerprint density at radius 2 is 1.92 bits per heavy atom. The maximum atomic E-state index is 5.51. The minimum Gasteiger partial charge on any atom is -0.496 e. The quantitative estimate of drug-likeness (QED) is 0.560. The molecule has 26 heavy (non-hydrogen) atoms. The first-order valence-corrected chi connectivity index (χ1v) is 8.91. The molecule has 1 aliphatic rings. The molecular weight excluding hydrogens is 334 g/mol. The van der Waals surface area contributed by atoms with Crippen LogP contribution in [0.4, 0.5) is 0 Å². The van der Waals surface area contributed by atoms with Crippen LogP contribution in [-0.4, -0.2) is 72.6 Å². The number of benzene rings is 1. The van der Waals surface area contributed by atoms with Gasteiger partial charge in [0.15, 0.2) is 5.96 Å². The maximum Gasteiger partial charge on any atom is 0.193 e. The molecule has 1 unspecified atom stereocenters. The van der Waals surface area contributed by atoms with E-state index < -0.39 is 0 Å². The second-order valence-corrected chi connectivity index (χ2v) is 6.34. The van der Waals surface area contributed by atoms with Crippen molar-refractivity contribution in [1.82, 2.24) is 10.2 Å². The average Bonchev–Trinajstić information content (AvgIpc) is 3.17. The lowest BCUT2D eigenvalue weighted by Crippen LogP contribution is -2.42. The Bertz CT molecular complexity index is 575. The summed E-state index contributed by atoms with van der Waals surface area (Å²) >= 11 is 0. The van der Waals surface area contributed by atoms with Crippen LogP contribution in [0.2, 0.25) is 0 Å². The van der Waals surface area contributed by atoms with Crippen molar-refractivity contribution in [2.45, 2.75) is 12.8 Å². The van der Waals surface area contributed by atoms with Gasteiger partial charge in [-0.25, -0.2) is 0 Å². The van der Waals surface area contributed by atoms with E-state index in [2.05, 4.69) is 22.3 Å². The lowest BCUT2D eigenvalue weighted by atomic mass is 10.1. The zero-order valence-corrected chi connectivity index (χ0v) is 16.5. The normalized spacial score (nSPS) is 17.1. The highest BCUT2D eigenvalue weighted by Crippen LogP contribution is 2.34. The van der Waals surface area contributed by atoms with Gasteiger partial charge in [-0.05, 0) is 12.8 Å². The Balaban J connectivity index is 1.96. The average molecular weight is 365 g/mol. The molecule has 1 N–H and O–H groups in total. The van der Waals surface area contributed by atoms with Crippen LogP contribution in [0.3, 0.4) is 0 Å². The molecule has 0 bridgehead atoms. The summed E-state index contributed by atoms with van der Waals surface area (Å²) in [5, 5.41) is 3.42. The third-order valence-corrected chi connectivity index (χ3v) is 4.60. The molecule has 0 aliphatic carbocycles. The van der Waals surface area contributed by atoms with Crippen molar-refractivity contribution in [3.05, 3.63) is 17.7 Å². The Morgan fingerprint density at radius 1 is 1.23 bits per heavy atom. The Kier molecular flexibility index (Phi) is 7.84. The molecule has 0 amide bonds. The van der Waals surface area contributed by atoms with E-state index in [-0.39, 0.29) is 0 Å². The van der Waals surface area contributed by atoms with Gasteiger partial charge in [0.05, 0.1) is 27.9 Å². The van der Waals surface area contributed by atoms with Crippen molar-refractivity contribution >= 4 is 5.96 Å². The van der Waals surface area contributed by atoms with E-state index >= 15 is 0 Å². The molecule has 7 heteroatoms. The van der Waals surface area contributed by atoms with Crippen LogP contribution in [0.15, 0.2) is 17.1 Å². The van der Waals surface area contributed by atoms with E-state index in [4.69, 9.17) is 18.9 Å². The zero-order chi connectivity index (χ0) is 18.9. The molecule has 1 heterocycles. The van der Waals surface area contributed by atoms with Crippen molar-refractivity contribution in [3.63, 3.8) is 0 Å². The first-order chi connectivity index (χ1) is 12.6. The Morgan fingerprint density at radius 3 is 2.42 bits per heavy atom. The van der Waals surface area contributed by atoms with E-state index in [1.165, 1.54) is 0 Å². The van der Waals surface area contributed by atoms with E-state index in [1.807, 2.05) is 12.1 Å². The van der Waals surface area contributed by atoms with Gasteiger partial charge in [0, 0.05) is 57.4 Å². The number of rotatable bonds is 8. The van der Waals surface area contributed by atoms with E-state index in [0.29, 0.717) is 11.7 Å². The molecule has 1 aromatic rings. The molecule has 1 atom stereocenters. The molecule has 2 rings (SSSR count). The summed E-state index contributed by atoms with van der Waals surface area (Å²) in [6.07, 6.45) is 1.86. The Labute approximate surface area is 156 Å². The molecule has 1 aromatic carbocycles. The predicted octanol–water partition coefficient (Wildman–Crippen LogP) is 1.80. The van der Waals surface area contributed by atoms with Gasteiger partial charge >= 0.3 is 0 Å². The zero-order valence-electron chi connectivity index (χ0n) is 16.5. The summed E-state index contributed by atoms with van der Waals surface area (Å²) in [5.41, 5.74) is 1.01. The summed E-state index contributed by atoms with van der Waals surface area (Å²) in [6, 6.07) is 3.75. The fraction of sp³-hybridized carbons (Fsp3) is 0.632. The Hall–Kier alpha value is -2.15. The third-order valence-electron chi connectivity index (χ3n) is 4.60. The maximum absolute atomic E-state index is 5.51. The van der Waals surface area contributed by atoms with Crippen molar-refractivity contribution < 1.29 is 18.9 Å². The number of methoxy groups -OCH3 is 3. The van der Waals surface area contributed by atoms with Gasteiger partial charge in [0.25, 0.3) is 0 Å². The van der Waals surface area contributed by atoms with Crippen LogP contribution in [0.5, 0.6) is 17.2 Å². The molecular formula is C19H31N3O4. The summed E-state index contributed by atoms with van der Waals surface area (Å²) < 4.78 is 21.8. The van der Waals surface area contributed by atoms with Crippen LogP contribution in [0.1, 0.15) is 12.0 Å². The lowest BCUT2D eigenvalue weighted by molar-refractivity contribution is 0.181. The number of nitrogens with one attached hydrogen (secondary N) is 1. The topological polar surface area (TPSA) is 64.6 Å². The summed E-state index contributed by atoms with van der Waals surface area (Å²) in [6.45, 7) is 3.36. The number of ether oxygens (including phenoxy) is 4. The van der Waals surface area contributed by atoms with Gasteiger partial charge in [0.2, 0.25) is 0 Å². The van der Waals surface area contributed by atoms with Crippen molar-refractivity contribution in [1.29, 1.82) is 0 Å². The van der Waals surface area contributed by atoms with Crippen LogP contribution in [0.25, 0.3) is 0 Å². The summed E-state index contributed by atoms with van der Waals surface area (Å²) in [4.78, 5) is 6.54. The van der Waals surface area contributed by atoms with Gasteiger partial charge < -0.3 is 29.2 Å². The molecule has 1 fully saturated rings. The van der Waals surface area contributed by atoms with Crippen molar-refractivity contribution in [2.75, 3.05) is 61.7 Å². The summed E-state index contributed by atoms with van der Waals surface area (Å²) in [7, 11) is 8.80. The standard InChI is InChI=1S/C19H31N3O4/c1-20-19(22(2)12-14-7-9-26-13-14)21-8-6-16-17(24-4)10-15(23-3)11-18(16)25-5/h10-11,14H,6-9,12-13H2,1-5H3,(H,20,21). The van der Waals surface area contributed by atoms with Crippen LogP contribution in [0, 0.1) is 5.92 Å². The monoisotopic (exact) mass is 365 g/mol. The predicted molar refractivity (Wildman–Crippen MR) is 103 cm³/mol. The third kappa shape index (κ3) is 5.17. The number of hydrogen-bond acceptors (Lipinski definition) is 5. The van der Waals surface area contributed by atoms with E-state index in [0.717, 1.165) is 62.2 Å². The molecule has 1 aliphatic heterocycles. The first kappa shape index (κ1) is 20.2. The number of nitrogens with zero attached hydrogens (tertiary/aromatic N) is 2. The molecule has 0 saturated carbocycles. The minimum atomic E-state index is 0.570.